The first-order chi connectivity index (χ1) is 13.8. The molecule has 1 saturated heterocycles. The quantitative estimate of drug-likeness (QED) is 0.766. The molecule has 2 aromatic carbocycles. The van der Waals surface area contributed by atoms with Crippen LogP contribution in [0, 0.1) is 17.2 Å². The van der Waals surface area contributed by atoms with Gasteiger partial charge in [-0.15, -0.1) is 0 Å². The molecular weight excluding hydrogens is 368 g/mol. The van der Waals surface area contributed by atoms with E-state index < -0.39 is 35.5 Å². The number of nitriles is 1. The molecule has 2 fully saturated rings. The van der Waals surface area contributed by atoms with Gasteiger partial charge in [0, 0.05) is 0 Å². The minimum atomic E-state index is -1.27. The van der Waals surface area contributed by atoms with Gasteiger partial charge in [0.05, 0.1) is 6.07 Å². The maximum absolute atomic E-state index is 13.2. The summed E-state index contributed by atoms with van der Waals surface area (Å²) in [5.74, 6) is -0.897. The summed E-state index contributed by atoms with van der Waals surface area (Å²) in [5, 5.41) is 16.7. The molecule has 2 N–H and O–H groups in total. The number of imide groups is 1. The molecule has 0 bridgehead atoms. The van der Waals surface area contributed by atoms with Gasteiger partial charge in [-0.25, -0.2) is 4.79 Å². The first-order valence-electron chi connectivity index (χ1n) is 9.63. The van der Waals surface area contributed by atoms with Crippen molar-refractivity contribution in [2.24, 2.45) is 5.92 Å². The summed E-state index contributed by atoms with van der Waals surface area (Å²) < 4.78 is 0. The van der Waals surface area contributed by atoms with E-state index in [1.54, 1.807) is 13.8 Å². The van der Waals surface area contributed by atoms with Gasteiger partial charge in [-0.3, -0.25) is 14.5 Å². The maximum Gasteiger partial charge on any atom is 0.325 e. The van der Waals surface area contributed by atoms with Crippen LogP contribution in [0.1, 0.15) is 32.3 Å². The standard InChI is InChI=1S/C22H22N4O3/c1-21(13-23,15-10-11-15)24-18(27)12-26-19(28)22(2,25-20(26)29)17-9-5-7-14-6-3-4-8-16(14)17/h3-9,15H,10-12H2,1-2H3,(H,24,27)(H,25,29)/t21-,22-/m1/s1. The number of fused-ring (bicyclic) bond motifs is 1. The predicted octanol–water partition coefficient (Wildman–Crippen LogP) is 2.42. The van der Waals surface area contributed by atoms with Crippen molar-refractivity contribution < 1.29 is 14.4 Å². The highest BCUT2D eigenvalue weighted by atomic mass is 16.2. The van der Waals surface area contributed by atoms with E-state index in [1.165, 1.54) is 0 Å². The number of nitrogens with one attached hydrogen (secondary N) is 2. The SMILES string of the molecule is C[C@]1(c2cccc3ccccc23)NC(=O)N(CC(=O)N[C@](C)(C#N)C2CC2)C1=O. The van der Waals surface area contributed by atoms with Crippen LogP contribution in [0.5, 0.6) is 0 Å². The molecule has 0 spiro atoms. The van der Waals surface area contributed by atoms with Crippen molar-refractivity contribution in [2.75, 3.05) is 6.54 Å². The minimum Gasteiger partial charge on any atom is -0.336 e. The second kappa shape index (κ2) is 6.59. The Kier molecular flexibility index (Phi) is 4.30. The fourth-order valence-corrected chi connectivity index (χ4v) is 4.04. The fourth-order valence-electron chi connectivity index (χ4n) is 4.04. The molecular formula is C22H22N4O3. The van der Waals surface area contributed by atoms with E-state index >= 15 is 0 Å². The van der Waals surface area contributed by atoms with E-state index in [2.05, 4.69) is 16.7 Å². The molecule has 4 rings (SSSR count). The zero-order valence-corrected chi connectivity index (χ0v) is 16.4. The third kappa shape index (κ3) is 3.11. The monoisotopic (exact) mass is 390 g/mol. The van der Waals surface area contributed by atoms with Gasteiger partial charge in [0.1, 0.15) is 17.6 Å². The fraction of sp³-hybridized carbons (Fsp3) is 0.364. The lowest BCUT2D eigenvalue weighted by atomic mass is 9.88. The highest BCUT2D eigenvalue weighted by Crippen LogP contribution is 2.39. The highest BCUT2D eigenvalue weighted by molar-refractivity contribution is 6.10. The van der Waals surface area contributed by atoms with Crippen LogP contribution in [0.2, 0.25) is 0 Å². The van der Waals surface area contributed by atoms with Crippen molar-refractivity contribution in [1.82, 2.24) is 15.5 Å². The number of nitrogens with zero attached hydrogens (tertiary/aromatic N) is 2. The third-order valence-corrected chi connectivity index (χ3v) is 5.93. The van der Waals surface area contributed by atoms with E-state index in [0.29, 0.717) is 5.56 Å². The molecule has 2 aromatic rings. The van der Waals surface area contributed by atoms with Crippen LogP contribution < -0.4 is 10.6 Å². The van der Waals surface area contributed by atoms with Gasteiger partial charge < -0.3 is 10.6 Å². The van der Waals surface area contributed by atoms with Crippen molar-refractivity contribution in [3.05, 3.63) is 48.0 Å². The summed E-state index contributed by atoms with van der Waals surface area (Å²) in [6.07, 6.45) is 1.76. The molecule has 0 aromatic heterocycles. The molecule has 29 heavy (non-hydrogen) atoms. The van der Waals surface area contributed by atoms with Gasteiger partial charge in [0.2, 0.25) is 5.91 Å². The summed E-state index contributed by atoms with van der Waals surface area (Å²) in [6.45, 7) is 2.90. The average molecular weight is 390 g/mol. The predicted molar refractivity (Wildman–Crippen MR) is 106 cm³/mol. The first kappa shape index (κ1) is 18.9. The van der Waals surface area contributed by atoms with E-state index in [9.17, 15) is 19.6 Å². The van der Waals surface area contributed by atoms with E-state index in [1.807, 2.05) is 42.5 Å². The Labute approximate surface area is 168 Å². The molecule has 1 aliphatic carbocycles. The second-order valence-corrected chi connectivity index (χ2v) is 8.11. The summed E-state index contributed by atoms with van der Waals surface area (Å²) in [4.78, 5) is 39.2. The van der Waals surface area contributed by atoms with E-state index in [-0.39, 0.29) is 5.92 Å². The molecule has 2 aliphatic rings. The topological polar surface area (TPSA) is 102 Å². The maximum atomic E-state index is 13.2. The lowest BCUT2D eigenvalue weighted by Crippen LogP contribution is -2.51. The molecule has 2 atom stereocenters. The van der Waals surface area contributed by atoms with Crippen LogP contribution in [-0.4, -0.2) is 34.8 Å². The van der Waals surface area contributed by atoms with Crippen molar-refractivity contribution in [3.8, 4) is 6.07 Å². The second-order valence-electron chi connectivity index (χ2n) is 8.11. The minimum absolute atomic E-state index is 0.112. The van der Waals surface area contributed by atoms with Gasteiger partial charge in [0.25, 0.3) is 5.91 Å². The van der Waals surface area contributed by atoms with Crippen LogP contribution in [0.3, 0.4) is 0 Å². The van der Waals surface area contributed by atoms with E-state index in [4.69, 9.17) is 0 Å². The highest BCUT2D eigenvalue weighted by Gasteiger charge is 2.51. The molecule has 7 heteroatoms. The lowest BCUT2D eigenvalue weighted by Gasteiger charge is -2.25. The van der Waals surface area contributed by atoms with Crippen LogP contribution in [0.4, 0.5) is 4.79 Å². The van der Waals surface area contributed by atoms with Crippen LogP contribution in [-0.2, 0) is 15.1 Å². The normalized spacial score (nSPS) is 23.4. The van der Waals surface area contributed by atoms with Gasteiger partial charge in [-0.1, -0.05) is 42.5 Å². The molecule has 4 amide bonds. The van der Waals surface area contributed by atoms with Crippen LogP contribution in [0.25, 0.3) is 10.8 Å². The average Bonchev–Trinajstić information content (AvgIpc) is 3.53. The molecule has 7 nitrogen and oxygen atoms in total. The van der Waals surface area contributed by atoms with Crippen molar-refractivity contribution >= 4 is 28.6 Å². The summed E-state index contributed by atoms with van der Waals surface area (Å²) in [5.41, 5.74) is -1.57. The third-order valence-electron chi connectivity index (χ3n) is 5.93. The number of carbonyl (C=O) groups excluding carboxylic acids is 3. The molecule has 0 radical (unpaired) electrons. The number of hydrogen-bond donors (Lipinski definition) is 2. The largest absolute Gasteiger partial charge is 0.336 e. The van der Waals surface area contributed by atoms with Gasteiger partial charge in [-0.05, 0) is 48.9 Å². The van der Waals surface area contributed by atoms with Crippen molar-refractivity contribution in [3.63, 3.8) is 0 Å². The van der Waals surface area contributed by atoms with Crippen molar-refractivity contribution in [2.45, 2.75) is 37.8 Å². The Hall–Kier alpha value is -3.40. The Morgan fingerprint density at radius 1 is 1.28 bits per heavy atom. The van der Waals surface area contributed by atoms with Gasteiger partial charge in [-0.2, -0.15) is 5.26 Å². The van der Waals surface area contributed by atoms with Crippen LogP contribution in [0.15, 0.2) is 42.5 Å². The van der Waals surface area contributed by atoms with Gasteiger partial charge in [0.15, 0.2) is 0 Å². The number of benzene rings is 2. The Morgan fingerprint density at radius 3 is 2.66 bits per heavy atom. The molecule has 1 aliphatic heterocycles. The number of urea groups is 1. The van der Waals surface area contributed by atoms with Gasteiger partial charge >= 0.3 is 6.03 Å². The zero-order valence-electron chi connectivity index (χ0n) is 16.4. The summed E-state index contributed by atoms with van der Waals surface area (Å²) in [6, 6.07) is 14.7. The number of carbonyl (C=O) groups is 3. The Morgan fingerprint density at radius 2 is 1.97 bits per heavy atom. The molecule has 0 unspecified atom stereocenters. The number of amides is 4. The molecule has 1 saturated carbocycles. The first-order valence-corrected chi connectivity index (χ1v) is 9.63. The van der Waals surface area contributed by atoms with E-state index in [0.717, 1.165) is 28.5 Å². The summed E-state index contributed by atoms with van der Waals surface area (Å²) in [7, 11) is 0. The number of hydrogen-bond acceptors (Lipinski definition) is 4. The van der Waals surface area contributed by atoms with Crippen LogP contribution >= 0.6 is 0 Å². The Balaban J connectivity index is 1.58. The van der Waals surface area contributed by atoms with Crippen molar-refractivity contribution in [1.29, 1.82) is 5.26 Å². The molecule has 1 heterocycles. The summed E-state index contributed by atoms with van der Waals surface area (Å²) >= 11 is 0. The molecule has 148 valence electrons. The smallest absolute Gasteiger partial charge is 0.325 e. The lowest BCUT2D eigenvalue weighted by molar-refractivity contribution is -0.135. The Bertz CT molecular complexity index is 1070. The number of rotatable bonds is 5. The zero-order chi connectivity index (χ0) is 20.8.